The van der Waals surface area contributed by atoms with Crippen LogP contribution in [0.15, 0.2) is 23.8 Å². The molecule has 0 saturated carbocycles. The SMILES string of the molecule is CC.CCC(C)C1=CC=CCC1. The van der Waals surface area contributed by atoms with Crippen molar-refractivity contribution in [2.45, 2.75) is 47.0 Å². The Kier molecular flexibility index (Phi) is 6.84. The highest BCUT2D eigenvalue weighted by Gasteiger charge is 2.05. The first-order valence-electron chi connectivity index (χ1n) is 5.20. The molecule has 1 atom stereocenters. The highest BCUT2D eigenvalue weighted by atomic mass is 14.1. The van der Waals surface area contributed by atoms with Gasteiger partial charge >= 0.3 is 0 Å². The van der Waals surface area contributed by atoms with Crippen molar-refractivity contribution in [2.24, 2.45) is 5.92 Å². The van der Waals surface area contributed by atoms with Crippen LogP contribution in [0.2, 0.25) is 0 Å². The molecule has 0 amide bonds. The first-order valence-corrected chi connectivity index (χ1v) is 5.20. The van der Waals surface area contributed by atoms with Gasteiger partial charge in [0, 0.05) is 0 Å². The minimum atomic E-state index is 0.796. The van der Waals surface area contributed by atoms with Crippen LogP contribution in [-0.4, -0.2) is 0 Å². The third-order valence-corrected chi connectivity index (χ3v) is 2.29. The largest absolute Gasteiger partial charge is 0.0842 e. The summed E-state index contributed by atoms with van der Waals surface area (Å²) < 4.78 is 0. The molecule has 12 heavy (non-hydrogen) atoms. The van der Waals surface area contributed by atoms with Gasteiger partial charge in [0.2, 0.25) is 0 Å². The van der Waals surface area contributed by atoms with E-state index >= 15 is 0 Å². The molecule has 0 aromatic rings. The van der Waals surface area contributed by atoms with Crippen molar-refractivity contribution >= 4 is 0 Å². The van der Waals surface area contributed by atoms with Gasteiger partial charge in [0.05, 0.1) is 0 Å². The van der Waals surface area contributed by atoms with Crippen LogP contribution in [0, 0.1) is 5.92 Å². The van der Waals surface area contributed by atoms with Crippen molar-refractivity contribution in [3.8, 4) is 0 Å². The predicted octanol–water partition coefficient (Wildman–Crippen LogP) is 4.34. The lowest BCUT2D eigenvalue weighted by Crippen LogP contribution is -1.98. The molecule has 0 aliphatic heterocycles. The molecule has 0 saturated heterocycles. The van der Waals surface area contributed by atoms with E-state index in [1.807, 2.05) is 13.8 Å². The second-order valence-electron chi connectivity index (χ2n) is 3.02. The summed E-state index contributed by atoms with van der Waals surface area (Å²) in [6.45, 7) is 8.56. The number of hydrogen-bond acceptors (Lipinski definition) is 0. The van der Waals surface area contributed by atoms with Gasteiger partial charge in [0.15, 0.2) is 0 Å². The van der Waals surface area contributed by atoms with Crippen LogP contribution >= 0.6 is 0 Å². The summed E-state index contributed by atoms with van der Waals surface area (Å²) in [7, 11) is 0. The van der Waals surface area contributed by atoms with Crippen LogP contribution in [-0.2, 0) is 0 Å². The van der Waals surface area contributed by atoms with Crippen molar-refractivity contribution in [3.63, 3.8) is 0 Å². The number of hydrogen-bond donors (Lipinski definition) is 0. The molecule has 0 heterocycles. The second kappa shape index (κ2) is 7.15. The summed E-state index contributed by atoms with van der Waals surface area (Å²) in [4.78, 5) is 0. The van der Waals surface area contributed by atoms with E-state index in [1.54, 1.807) is 5.57 Å². The second-order valence-corrected chi connectivity index (χ2v) is 3.02. The summed E-state index contributed by atoms with van der Waals surface area (Å²) in [6, 6.07) is 0. The van der Waals surface area contributed by atoms with Gasteiger partial charge in [-0.2, -0.15) is 0 Å². The fourth-order valence-corrected chi connectivity index (χ4v) is 1.29. The molecule has 1 aliphatic carbocycles. The Hall–Kier alpha value is -0.520. The minimum absolute atomic E-state index is 0.796. The van der Waals surface area contributed by atoms with Crippen LogP contribution in [0.1, 0.15) is 47.0 Å². The fourth-order valence-electron chi connectivity index (χ4n) is 1.29. The Labute approximate surface area is 77.4 Å². The minimum Gasteiger partial charge on any atom is -0.0842 e. The maximum Gasteiger partial charge on any atom is -0.0231 e. The average molecular weight is 166 g/mol. The third kappa shape index (κ3) is 3.75. The Balaban J connectivity index is 0.000000561. The predicted molar refractivity (Wildman–Crippen MR) is 57.3 cm³/mol. The smallest absolute Gasteiger partial charge is 0.0231 e. The van der Waals surface area contributed by atoms with Gasteiger partial charge in [-0.3, -0.25) is 0 Å². The molecule has 0 nitrogen and oxygen atoms in total. The molecule has 0 N–H and O–H groups in total. The molecule has 1 rings (SSSR count). The molecule has 0 spiro atoms. The highest BCUT2D eigenvalue weighted by Crippen LogP contribution is 2.22. The van der Waals surface area contributed by atoms with Gasteiger partial charge in [-0.1, -0.05) is 51.5 Å². The van der Waals surface area contributed by atoms with Crippen molar-refractivity contribution in [1.29, 1.82) is 0 Å². The van der Waals surface area contributed by atoms with E-state index in [-0.39, 0.29) is 0 Å². The summed E-state index contributed by atoms with van der Waals surface area (Å²) >= 11 is 0. The van der Waals surface area contributed by atoms with Crippen molar-refractivity contribution in [2.75, 3.05) is 0 Å². The molecule has 1 aliphatic rings. The maximum atomic E-state index is 2.31. The fraction of sp³-hybridized carbons (Fsp3) is 0.667. The first-order chi connectivity index (χ1) is 5.84. The van der Waals surface area contributed by atoms with E-state index in [1.165, 1.54) is 19.3 Å². The first kappa shape index (κ1) is 11.5. The molecule has 0 bridgehead atoms. The van der Waals surface area contributed by atoms with Gasteiger partial charge in [-0.05, 0) is 25.2 Å². The Morgan fingerprint density at radius 3 is 2.50 bits per heavy atom. The zero-order valence-corrected chi connectivity index (χ0v) is 8.93. The van der Waals surface area contributed by atoms with Crippen LogP contribution in [0.25, 0.3) is 0 Å². The molecule has 70 valence electrons. The molecule has 0 fully saturated rings. The molecular formula is C12H22. The van der Waals surface area contributed by atoms with Gasteiger partial charge in [0.1, 0.15) is 0 Å². The molecular weight excluding hydrogens is 144 g/mol. The molecule has 0 aromatic carbocycles. The van der Waals surface area contributed by atoms with E-state index in [4.69, 9.17) is 0 Å². The topological polar surface area (TPSA) is 0 Å². The Morgan fingerprint density at radius 1 is 1.42 bits per heavy atom. The van der Waals surface area contributed by atoms with Gasteiger partial charge in [0.25, 0.3) is 0 Å². The maximum absolute atomic E-state index is 2.31. The third-order valence-electron chi connectivity index (χ3n) is 2.29. The monoisotopic (exact) mass is 166 g/mol. The molecule has 0 radical (unpaired) electrons. The lowest BCUT2D eigenvalue weighted by molar-refractivity contribution is 0.622. The number of allylic oxidation sites excluding steroid dienone is 4. The van der Waals surface area contributed by atoms with Gasteiger partial charge in [-0.15, -0.1) is 0 Å². The van der Waals surface area contributed by atoms with Crippen molar-refractivity contribution in [3.05, 3.63) is 23.8 Å². The molecule has 0 heteroatoms. The summed E-state index contributed by atoms with van der Waals surface area (Å²) in [5.41, 5.74) is 1.63. The van der Waals surface area contributed by atoms with E-state index in [0.717, 1.165) is 5.92 Å². The van der Waals surface area contributed by atoms with E-state index < -0.39 is 0 Å². The summed E-state index contributed by atoms with van der Waals surface area (Å²) in [5, 5.41) is 0. The van der Waals surface area contributed by atoms with E-state index in [9.17, 15) is 0 Å². The lowest BCUT2D eigenvalue weighted by Gasteiger charge is -2.14. The van der Waals surface area contributed by atoms with E-state index in [0.29, 0.717) is 0 Å². The quantitative estimate of drug-likeness (QED) is 0.572. The van der Waals surface area contributed by atoms with Crippen LogP contribution < -0.4 is 0 Å². The van der Waals surface area contributed by atoms with Crippen LogP contribution in [0.5, 0.6) is 0 Å². The van der Waals surface area contributed by atoms with Crippen LogP contribution in [0.3, 0.4) is 0 Å². The lowest BCUT2D eigenvalue weighted by atomic mass is 9.92. The Morgan fingerprint density at radius 2 is 2.08 bits per heavy atom. The zero-order valence-electron chi connectivity index (χ0n) is 8.93. The van der Waals surface area contributed by atoms with E-state index in [2.05, 4.69) is 32.1 Å². The van der Waals surface area contributed by atoms with Crippen molar-refractivity contribution in [1.82, 2.24) is 0 Å². The molecule has 0 aromatic heterocycles. The average Bonchev–Trinajstić information content (AvgIpc) is 2.21. The highest BCUT2D eigenvalue weighted by molar-refractivity contribution is 5.19. The summed E-state index contributed by atoms with van der Waals surface area (Å²) in [6.07, 6.45) is 10.5. The molecule has 1 unspecified atom stereocenters. The van der Waals surface area contributed by atoms with Crippen LogP contribution in [0.4, 0.5) is 0 Å². The van der Waals surface area contributed by atoms with Gasteiger partial charge < -0.3 is 0 Å². The Bertz CT molecular complexity index is 151. The zero-order chi connectivity index (χ0) is 9.40. The van der Waals surface area contributed by atoms with Gasteiger partial charge in [-0.25, -0.2) is 0 Å². The van der Waals surface area contributed by atoms with Crippen molar-refractivity contribution < 1.29 is 0 Å². The summed E-state index contributed by atoms with van der Waals surface area (Å²) in [5.74, 6) is 0.796. The normalized spacial score (nSPS) is 17.5. The standard InChI is InChI=1S/C10H16.C2H6/c1-3-9(2)10-7-5-4-6-8-10;1-2/h4-5,7,9H,3,6,8H2,1-2H3;1-2H3. The number of rotatable bonds is 2.